The summed E-state index contributed by atoms with van der Waals surface area (Å²) in [6, 6.07) is 6.82. The predicted octanol–water partition coefficient (Wildman–Crippen LogP) is 2.57. The third-order valence-electron chi connectivity index (χ3n) is 2.82. The standard InChI is InChI=1S/C12H19O3P/c1-4-9-12(2,3)10-7-5-6-8-11(10)16(13,14)15/h5-8H,4,9H2,1-3H3,(H2,13,14,15). The van der Waals surface area contributed by atoms with Crippen molar-refractivity contribution in [2.75, 3.05) is 0 Å². The van der Waals surface area contributed by atoms with Gasteiger partial charge in [-0.25, -0.2) is 0 Å². The van der Waals surface area contributed by atoms with Gasteiger partial charge in [0.1, 0.15) is 0 Å². The first-order chi connectivity index (χ1) is 7.29. The molecule has 2 N–H and O–H groups in total. The minimum absolute atomic E-state index is 0.161. The summed E-state index contributed by atoms with van der Waals surface area (Å²) in [7, 11) is -4.18. The fourth-order valence-electron chi connectivity index (χ4n) is 2.06. The fourth-order valence-corrected chi connectivity index (χ4v) is 3.03. The van der Waals surface area contributed by atoms with E-state index in [4.69, 9.17) is 0 Å². The summed E-state index contributed by atoms with van der Waals surface area (Å²) in [6.07, 6.45) is 1.90. The first-order valence-electron chi connectivity index (χ1n) is 5.44. The largest absolute Gasteiger partial charge is 0.356 e. The lowest BCUT2D eigenvalue weighted by Gasteiger charge is -2.27. The Kier molecular flexibility index (Phi) is 3.95. The molecule has 0 bridgehead atoms. The van der Waals surface area contributed by atoms with E-state index in [0.717, 1.165) is 18.4 Å². The second kappa shape index (κ2) is 4.70. The van der Waals surface area contributed by atoms with Crippen LogP contribution in [0.3, 0.4) is 0 Å². The zero-order chi connectivity index (χ0) is 12.4. The van der Waals surface area contributed by atoms with Gasteiger partial charge in [-0.1, -0.05) is 45.4 Å². The van der Waals surface area contributed by atoms with Crippen molar-refractivity contribution in [2.24, 2.45) is 0 Å². The number of rotatable bonds is 4. The van der Waals surface area contributed by atoms with Gasteiger partial charge in [-0.3, -0.25) is 4.57 Å². The molecule has 0 fully saturated rings. The van der Waals surface area contributed by atoms with Crippen LogP contribution < -0.4 is 5.30 Å². The van der Waals surface area contributed by atoms with Gasteiger partial charge in [0.25, 0.3) is 0 Å². The van der Waals surface area contributed by atoms with E-state index < -0.39 is 7.60 Å². The molecule has 3 nitrogen and oxygen atoms in total. The van der Waals surface area contributed by atoms with Gasteiger partial charge in [0.05, 0.1) is 5.30 Å². The predicted molar refractivity (Wildman–Crippen MR) is 66.1 cm³/mol. The molecule has 0 aliphatic rings. The molecule has 0 heterocycles. The Balaban J connectivity index is 3.29. The summed E-state index contributed by atoms with van der Waals surface area (Å²) < 4.78 is 11.4. The van der Waals surface area contributed by atoms with Gasteiger partial charge in [-0.2, -0.15) is 0 Å². The zero-order valence-electron chi connectivity index (χ0n) is 9.97. The minimum Gasteiger partial charge on any atom is -0.321 e. The second-order valence-corrected chi connectivity index (χ2v) is 6.26. The Hall–Kier alpha value is -0.630. The van der Waals surface area contributed by atoms with Crippen LogP contribution in [-0.4, -0.2) is 9.79 Å². The van der Waals surface area contributed by atoms with E-state index in [0.29, 0.717) is 0 Å². The lowest BCUT2D eigenvalue weighted by atomic mass is 9.81. The van der Waals surface area contributed by atoms with Crippen molar-refractivity contribution < 1.29 is 14.4 Å². The first kappa shape index (κ1) is 13.4. The highest BCUT2D eigenvalue weighted by atomic mass is 31.2. The van der Waals surface area contributed by atoms with E-state index in [2.05, 4.69) is 6.92 Å². The Bertz CT molecular complexity index is 406. The molecular formula is C12H19O3P. The molecule has 90 valence electrons. The fraction of sp³-hybridized carbons (Fsp3) is 0.500. The van der Waals surface area contributed by atoms with Crippen LogP contribution in [0.15, 0.2) is 24.3 Å². The summed E-state index contributed by atoms with van der Waals surface area (Å²) in [4.78, 5) is 18.6. The van der Waals surface area contributed by atoms with E-state index in [1.165, 1.54) is 6.07 Å². The Labute approximate surface area is 96.7 Å². The van der Waals surface area contributed by atoms with Crippen LogP contribution >= 0.6 is 7.60 Å². The summed E-state index contributed by atoms with van der Waals surface area (Å²) in [5.41, 5.74) is 0.553. The quantitative estimate of drug-likeness (QED) is 0.798. The lowest BCUT2D eigenvalue weighted by molar-refractivity contribution is 0.385. The Morgan fingerprint density at radius 3 is 2.31 bits per heavy atom. The van der Waals surface area contributed by atoms with Crippen molar-refractivity contribution in [1.82, 2.24) is 0 Å². The average Bonchev–Trinajstić information content (AvgIpc) is 2.16. The van der Waals surface area contributed by atoms with Crippen molar-refractivity contribution in [3.63, 3.8) is 0 Å². The molecule has 0 radical (unpaired) electrons. The molecule has 1 aromatic rings. The van der Waals surface area contributed by atoms with Crippen LogP contribution in [0, 0.1) is 0 Å². The maximum atomic E-state index is 11.4. The van der Waals surface area contributed by atoms with E-state index in [1.54, 1.807) is 6.07 Å². The maximum Gasteiger partial charge on any atom is 0.356 e. The second-order valence-electron chi connectivity index (χ2n) is 4.70. The molecule has 1 aromatic carbocycles. The molecule has 0 amide bonds. The normalized spacial score (nSPS) is 12.8. The van der Waals surface area contributed by atoms with Gasteiger partial charge in [0.2, 0.25) is 0 Å². The summed E-state index contributed by atoms with van der Waals surface area (Å²) in [5.74, 6) is 0. The van der Waals surface area contributed by atoms with E-state index in [-0.39, 0.29) is 10.7 Å². The topological polar surface area (TPSA) is 57.5 Å². The molecule has 0 saturated heterocycles. The third kappa shape index (κ3) is 2.94. The summed E-state index contributed by atoms with van der Waals surface area (Å²) >= 11 is 0. The Morgan fingerprint density at radius 2 is 1.81 bits per heavy atom. The van der Waals surface area contributed by atoms with Crippen LogP contribution in [0.1, 0.15) is 39.2 Å². The molecular weight excluding hydrogens is 223 g/mol. The maximum absolute atomic E-state index is 11.4. The van der Waals surface area contributed by atoms with Gasteiger partial charge in [0, 0.05) is 0 Å². The highest BCUT2D eigenvalue weighted by Crippen LogP contribution is 2.39. The highest BCUT2D eigenvalue weighted by molar-refractivity contribution is 7.60. The number of hydrogen-bond donors (Lipinski definition) is 2. The molecule has 4 heteroatoms. The van der Waals surface area contributed by atoms with Crippen LogP contribution in [-0.2, 0) is 9.98 Å². The smallest absolute Gasteiger partial charge is 0.321 e. The highest BCUT2D eigenvalue weighted by Gasteiger charge is 2.29. The van der Waals surface area contributed by atoms with Crippen molar-refractivity contribution in [1.29, 1.82) is 0 Å². The van der Waals surface area contributed by atoms with Gasteiger partial charge < -0.3 is 9.79 Å². The van der Waals surface area contributed by atoms with Crippen molar-refractivity contribution in [3.8, 4) is 0 Å². The van der Waals surface area contributed by atoms with Gasteiger partial charge in [0.15, 0.2) is 0 Å². The number of benzene rings is 1. The van der Waals surface area contributed by atoms with E-state index >= 15 is 0 Å². The van der Waals surface area contributed by atoms with Gasteiger partial charge in [-0.15, -0.1) is 0 Å². The van der Waals surface area contributed by atoms with E-state index in [1.807, 2.05) is 26.0 Å². The monoisotopic (exact) mass is 242 g/mol. The van der Waals surface area contributed by atoms with Crippen LogP contribution in [0.25, 0.3) is 0 Å². The van der Waals surface area contributed by atoms with Gasteiger partial charge >= 0.3 is 7.60 Å². The van der Waals surface area contributed by atoms with Crippen LogP contribution in [0.4, 0.5) is 0 Å². The lowest BCUT2D eigenvalue weighted by Crippen LogP contribution is -2.25. The van der Waals surface area contributed by atoms with Crippen molar-refractivity contribution >= 4 is 12.9 Å². The molecule has 0 unspecified atom stereocenters. The van der Waals surface area contributed by atoms with Crippen molar-refractivity contribution in [3.05, 3.63) is 29.8 Å². The molecule has 0 aromatic heterocycles. The first-order valence-corrected chi connectivity index (χ1v) is 7.06. The molecule has 0 aliphatic heterocycles. The third-order valence-corrected chi connectivity index (χ3v) is 3.84. The van der Waals surface area contributed by atoms with E-state index in [9.17, 15) is 14.4 Å². The summed E-state index contributed by atoms with van der Waals surface area (Å²) in [6.45, 7) is 6.11. The average molecular weight is 242 g/mol. The molecule has 16 heavy (non-hydrogen) atoms. The summed E-state index contributed by atoms with van der Waals surface area (Å²) in [5, 5.41) is 0.161. The molecule has 0 spiro atoms. The zero-order valence-corrected chi connectivity index (χ0v) is 10.9. The van der Waals surface area contributed by atoms with Gasteiger partial charge in [-0.05, 0) is 23.5 Å². The molecule has 0 atom stereocenters. The van der Waals surface area contributed by atoms with Crippen LogP contribution in [0.2, 0.25) is 0 Å². The number of hydrogen-bond acceptors (Lipinski definition) is 1. The SMILES string of the molecule is CCCC(C)(C)c1ccccc1P(=O)(O)O. The molecule has 0 saturated carbocycles. The minimum atomic E-state index is -4.18. The Morgan fingerprint density at radius 1 is 1.25 bits per heavy atom. The van der Waals surface area contributed by atoms with Crippen LogP contribution in [0.5, 0.6) is 0 Å². The molecule has 0 aliphatic carbocycles. The molecule has 1 rings (SSSR count). The van der Waals surface area contributed by atoms with Crippen molar-refractivity contribution in [2.45, 2.75) is 39.0 Å².